The lowest BCUT2D eigenvalue weighted by molar-refractivity contribution is 0.152. The van der Waals surface area contributed by atoms with Gasteiger partial charge in [0.25, 0.3) is 0 Å². The molecule has 0 unspecified atom stereocenters. The Labute approximate surface area is 87.5 Å². The molecule has 3 nitrogen and oxygen atoms in total. The molecule has 0 saturated heterocycles. The van der Waals surface area contributed by atoms with Crippen molar-refractivity contribution in [3.05, 3.63) is 0 Å². The van der Waals surface area contributed by atoms with Gasteiger partial charge >= 0.3 is 0 Å². The lowest BCUT2D eigenvalue weighted by atomic mass is 10.2. The fourth-order valence-electron chi connectivity index (χ4n) is 2.27. The topological polar surface area (TPSA) is 35.5 Å². The molecule has 3 heteroatoms. The average molecular weight is 200 g/mol. The first-order chi connectivity index (χ1) is 6.88. The summed E-state index contributed by atoms with van der Waals surface area (Å²) in [5.74, 6) is 0. The summed E-state index contributed by atoms with van der Waals surface area (Å²) in [7, 11) is 0. The predicted octanol–water partition coefficient (Wildman–Crippen LogP) is 0.833. The molecule has 2 N–H and O–H groups in total. The number of aliphatic hydroxyl groups excluding tert-OH is 1. The first kappa shape index (κ1) is 12.0. The number of nitrogens with zero attached hydrogens (tertiary/aromatic N) is 1. The molecule has 0 aromatic heterocycles. The van der Waals surface area contributed by atoms with Gasteiger partial charge in [-0.2, -0.15) is 0 Å². The lowest BCUT2D eigenvalue weighted by Crippen LogP contribution is -2.40. The Morgan fingerprint density at radius 1 is 1.29 bits per heavy atom. The number of rotatable bonds is 7. The van der Waals surface area contributed by atoms with Gasteiger partial charge in [-0.1, -0.05) is 19.8 Å². The van der Waals surface area contributed by atoms with Crippen molar-refractivity contribution >= 4 is 0 Å². The van der Waals surface area contributed by atoms with E-state index in [1.807, 2.05) is 0 Å². The maximum absolute atomic E-state index is 8.99. The monoisotopic (exact) mass is 200 g/mol. The third-order valence-electron chi connectivity index (χ3n) is 3.05. The van der Waals surface area contributed by atoms with Gasteiger partial charge in [0, 0.05) is 25.7 Å². The van der Waals surface area contributed by atoms with Crippen LogP contribution in [0, 0.1) is 0 Å². The predicted molar refractivity (Wildman–Crippen MR) is 59.5 cm³/mol. The van der Waals surface area contributed by atoms with E-state index in [1.165, 1.54) is 25.7 Å². The van der Waals surface area contributed by atoms with Gasteiger partial charge in [0.05, 0.1) is 6.61 Å². The molecule has 0 aromatic carbocycles. The van der Waals surface area contributed by atoms with Gasteiger partial charge in [-0.15, -0.1) is 0 Å². The molecule has 0 heterocycles. The van der Waals surface area contributed by atoms with Gasteiger partial charge in [0.2, 0.25) is 0 Å². The van der Waals surface area contributed by atoms with E-state index in [-0.39, 0.29) is 0 Å². The third-order valence-corrected chi connectivity index (χ3v) is 3.05. The van der Waals surface area contributed by atoms with Crippen LogP contribution in [0.2, 0.25) is 0 Å². The number of nitrogens with one attached hydrogen (secondary N) is 1. The van der Waals surface area contributed by atoms with Gasteiger partial charge in [-0.3, -0.25) is 4.90 Å². The standard InChI is InChI=1S/C11H24N2O/c1-2-12-7-8-13(9-10-14)11-5-3-4-6-11/h11-12,14H,2-10H2,1H3. The Hall–Kier alpha value is -0.120. The van der Waals surface area contributed by atoms with E-state index in [0.29, 0.717) is 6.61 Å². The van der Waals surface area contributed by atoms with Crippen LogP contribution in [0.3, 0.4) is 0 Å². The molecule has 0 spiro atoms. The van der Waals surface area contributed by atoms with Crippen LogP contribution < -0.4 is 5.32 Å². The summed E-state index contributed by atoms with van der Waals surface area (Å²) in [6.45, 7) is 6.44. The van der Waals surface area contributed by atoms with Gasteiger partial charge in [-0.05, 0) is 19.4 Å². The van der Waals surface area contributed by atoms with Gasteiger partial charge in [-0.25, -0.2) is 0 Å². The van der Waals surface area contributed by atoms with Gasteiger partial charge in [0.15, 0.2) is 0 Å². The molecular weight excluding hydrogens is 176 g/mol. The van der Waals surface area contributed by atoms with Crippen molar-refractivity contribution in [2.75, 3.05) is 32.8 Å². The Balaban J connectivity index is 2.22. The Kier molecular flexibility index (Phi) is 6.15. The second-order valence-corrected chi connectivity index (χ2v) is 4.05. The van der Waals surface area contributed by atoms with Crippen molar-refractivity contribution < 1.29 is 5.11 Å². The smallest absolute Gasteiger partial charge is 0.0558 e. The summed E-state index contributed by atoms with van der Waals surface area (Å²) in [4.78, 5) is 2.44. The van der Waals surface area contributed by atoms with Crippen LogP contribution in [0.1, 0.15) is 32.6 Å². The highest BCUT2D eigenvalue weighted by Gasteiger charge is 2.21. The van der Waals surface area contributed by atoms with Crippen LogP contribution in [-0.2, 0) is 0 Å². The molecule has 1 fully saturated rings. The minimum absolute atomic E-state index is 0.294. The van der Waals surface area contributed by atoms with E-state index in [2.05, 4.69) is 17.1 Å². The molecule has 0 atom stereocenters. The quantitative estimate of drug-likeness (QED) is 0.598. The first-order valence-corrected chi connectivity index (χ1v) is 5.94. The van der Waals surface area contributed by atoms with E-state index in [1.54, 1.807) is 0 Å². The van der Waals surface area contributed by atoms with Crippen LogP contribution in [0.25, 0.3) is 0 Å². The van der Waals surface area contributed by atoms with Crippen molar-refractivity contribution in [3.8, 4) is 0 Å². The van der Waals surface area contributed by atoms with Crippen LogP contribution in [-0.4, -0.2) is 48.8 Å². The highest BCUT2D eigenvalue weighted by Crippen LogP contribution is 2.22. The maximum Gasteiger partial charge on any atom is 0.0558 e. The zero-order valence-corrected chi connectivity index (χ0v) is 9.34. The third kappa shape index (κ3) is 3.95. The molecule has 1 aliphatic rings. The summed E-state index contributed by atoms with van der Waals surface area (Å²) < 4.78 is 0. The average Bonchev–Trinajstić information content (AvgIpc) is 2.70. The van der Waals surface area contributed by atoms with Crippen LogP contribution in [0.15, 0.2) is 0 Å². The molecule has 14 heavy (non-hydrogen) atoms. The summed E-state index contributed by atoms with van der Waals surface area (Å²) in [6, 6.07) is 0.737. The number of hydrogen-bond acceptors (Lipinski definition) is 3. The number of aliphatic hydroxyl groups is 1. The molecule has 1 saturated carbocycles. The molecule has 0 aliphatic heterocycles. The second kappa shape index (κ2) is 7.21. The Bertz CT molecular complexity index is 135. The molecule has 0 aromatic rings. The van der Waals surface area contributed by atoms with E-state index < -0.39 is 0 Å². The molecule has 1 rings (SSSR count). The van der Waals surface area contributed by atoms with E-state index in [9.17, 15) is 0 Å². The molecule has 0 bridgehead atoms. The Morgan fingerprint density at radius 3 is 2.57 bits per heavy atom. The van der Waals surface area contributed by atoms with Crippen LogP contribution in [0.4, 0.5) is 0 Å². The number of hydrogen-bond donors (Lipinski definition) is 2. The minimum Gasteiger partial charge on any atom is -0.395 e. The van der Waals surface area contributed by atoms with Gasteiger partial charge in [0.1, 0.15) is 0 Å². The number of likely N-dealkylation sites (N-methyl/N-ethyl adjacent to an activating group) is 1. The summed E-state index contributed by atoms with van der Waals surface area (Å²) in [5, 5.41) is 12.3. The van der Waals surface area contributed by atoms with Crippen molar-refractivity contribution in [3.63, 3.8) is 0 Å². The lowest BCUT2D eigenvalue weighted by Gasteiger charge is -2.28. The van der Waals surface area contributed by atoms with Crippen LogP contribution >= 0.6 is 0 Å². The van der Waals surface area contributed by atoms with E-state index in [0.717, 1.165) is 32.2 Å². The molecular formula is C11H24N2O. The second-order valence-electron chi connectivity index (χ2n) is 4.05. The molecule has 0 radical (unpaired) electrons. The zero-order valence-electron chi connectivity index (χ0n) is 9.34. The van der Waals surface area contributed by atoms with Crippen molar-refractivity contribution in [2.45, 2.75) is 38.6 Å². The fourth-order valence-corrected chi connectivity index (χ4v) is 2.27. The molecule has 1 aliphatic carbocycles. The van der Waals surface area contributed by atoms with Crippen LogP contribution in [0.5, 0.6) is 0 Å². The van der Waals surface area contributed by atoms with E-state index in [4.69, 9.17) is 5.11 Å². The maximum atomic E-state index is 8.99. The van der Waals surface area contributed by atoms with Crippen molar-refractivity contribution in [1.82, 2.24) is 10.2 Å². The zero-order chi connectivity index (χ0) is 10.2. The molecule has 84 valence electrons. The Morgan fingerprint density at radius 2 is 2.00 bits per heavy atom. The normalized spacial score (nSPS) is 18.2. The highest BCUT2D eigenvalue weighted by atomic mass is 16.3. The fraction of sp³-hybridized carbons (Fsp3) is 1.00. The summed E-state index contributed by atoms with van der Waals surface area (Å²) in [6.07, 6.45) is 5.39. The van der Waals surface area contributed by atoms with Gasteiger partial charge < -0.3 is 10.4 Å². The first-order valence-electron chi connectivity index (χ1n) is 5.94. The largest absolute Gasteiger partial charge is 0.395 e. The van der Waals surface area contributed by atoms with Crippen molar-refractivity contribution in [2.24, 2.45) is 0 Å². The van der Waals surface area contributed by atoms with Crippen molar-refractivity contribution in [1.29, 1.82) is 0 Å². The SMILES string of the molecule is CCNCCN(CCO)C1CCCC1. The highest BCUT2D eigenvalue weighted by molar-refractivity contribution is 4.77. The minimum atomic E-state index is 0.294. The molecule has 0 amide bonds. The van der Waals surface area contributed by atoms with E-state index >= 15 is 0 Å². The summed E-state index contributed by atoms with van der Waals surface area (Å²) >= 11 is 0. The summed E-state index contributed by atoms with van der Waals surface area (Å²) in [5.41, 5.74) is 0.